The minimum atomic E-state index is -3.77. The molecule has 0 saturated heterocycles. The maximum Gasteiger partial charge on any atom is 0.240 e. The normalized spacial score (nSPS) is 13.2. The third-order valence-corrected chi connectivity index (χ3v) is 4.16. The summed E-state index contributed by atoms with van der Waals surface area (Å²) in [6.45, 7) is 4.21. The van der Waals surface area contributed by atoms with Crippen LogP contribution in [0.5, 0.6) is 0 Å². The molecule has 5 N–H and O–H groups in total. The summed E-state index contributed by atoms with van der Waals surface area (Å²) in [5, 5.41) is 8.42. The van der Waals surface area contributed by atoms with E-state index in [4.69, 9.17) is 10.9 Å². The molecule has 1 atom stereocenters. The number of anilines is 2. The van der Waals surface area contributed by atoms with Crippen molar-refractivity contribution in [3.05, 3.63) is 18.2 Å². The van der Waals surface area contributed by atoms with Crippen molar-refractivity contribution in [2.45, 2.75) is 56.9 Å². The monoisotopic (exact) mass is 299 g/mol. The summed E-state index contributed by atoms with van der Waals surface area (Å²) in [4.78, 5) is 0.0536. The molecule has 1 aromatic carbocycles. The molecule has 1 unspecified atom stereocenters. The quantitative estimate of drug-likeness (QED) is 0.507. The molecule has 6 heteroatoms. The molecule has 0 bridgehead atoms. The molecule has 114 valence electrons. The number of nitrogens with one attached hydrogen (secondary N) is 1. The van der Waals surface area contributed by atoms with Crippen molar-refractivity contribution >= 4 is 21.4 Å². The van der Waals surface area contributed by atoms with Gasteiger partial charge >= 0.3 is 0 Å². The number of hydrogen-bond donors (Lipinski definition) is 3. The second kappa shape index (κ2) is 7.50. The fourth-order valence-corrected chi connectivity index (χ4v) is 2.84. The first-order chi connectivity index (χ1) is 9.34. The van der Waals surface area contributed by atoms with Gasteiger partial charge in [0.05, 0.1) is 5.69 Å². The van der Waals surface area contributed by atoms with Gasteiger partial charge in [0.25, 0.3) is 0 Å². The highest BCUT2D eigenvalue weighted by Gasteiger charge is 2.15. The van der Waals surface area contributed by atoms with Crippen molar-refractivity contribution in [1.82, 2.24) is 0 Å². The van der Waals surface area contributed by atoms with Gasteiger partial charge in [-0.05, 0) is 31.5 Å². The topological polar surface area (TPSA) is 98.2 Å². The second-order valence-corrected chi connectivity index (χ2v) is 6.73. The lowest BCUT2D eigenvalue weighted by molar-refractivity contribution is 0.590. The number of sulfonamides is 1. The Morgan fingerprint density at radius 3 is 2.55 bits per heavy atom. The van der Waals surface area contributed by atoms with Gasteiger partial charge in [-0.3, -0.25) is 0 Å². The largest absolute Gasteiger partial charge is 0.399 e. The predicted molar refractivity (Wildman–Crippen MR) is 84.1 cm³/mol. The van der Waals surface area contributed by atoms with Crippen molar-refractivity contribution in [1.29, 1.82) is 0 Å². The summed E-state index contributed by atoms with van der Waals surface area (Å²) >= 11 is 0. The Bertz CT molecular complexity index is 529. The van der Waals surface area contributed by atoms with E-state index >= 15 is 0 Å². The SMILES string of the molecule is CCCCCCC(C)Nc1ccc(N)cc1S(N)(=O)=O. The first-order valence-corrected chi connectivity index (χ1v) is 8.58. The molecule has 0 aromatic heterocycles. The average Bonchev–Trinajstić information content (AvgIpc) is 2.35. The van der Waals surface area contributed by atoms with E-state index < -0.39 is 10.0 Å². The van der Waals surface area contributed by atoms with Crippen LogP contribution in [0.1, 0.15) is 46.0 Å². The third kappa shape index (κ3) is 5.38. The number of nitrogens with two attached hydrogens (primary N) is 2. The molecular weight excluding hydrogens is 274 g/mol. The summed E-state index contributed by atoms with van der Waals surface area (Å²) < 4.78 is 23.1. The number of unbranched alkanes of at least 4 members (excludes halogenated alkanes) is 3. The number of hydrogen-bond acceptors (Lipinski definition) is 4. The zero-order valence-corrected chi connectivity index (χ0v) is 13.0. The van der Waals surface area contributed by atoms with E-state index in [-0.39, 0.29) is 10.9 Å². The molecule has 0 saturated carbocycles. The number of primary sulfonamides is 1. The zero-order valence-electron chi connectivity index (χ0n) is 12.2. The fraction of sp³-hybridized carbons (Fsp3) is 0.571. The van der Waals surface area contributed by atoms with Gasteiger partial charge in [-0.15, -0.1) is 0 Å². The van der Waals surface area contributed by atoms with Crippen molar-refractivity contribution < 1.29 is 8.42 Å². The third-order valence-electron chi connectivity index (χ3n) is 3.20. The van der Waals surface area contributed by atoms with Crippen LogP contribution < -0.4 is 16.2 Å². The van der Waals surface area contributed by atoms with Crippen molar-refractivity contribution in [2.75, 3.05) is 11.1 Å². The second-order valence-electron chi connectivity index (χ2n) is 5.20. The molecule has 20 heavy (non-hydrogen) atoms. The lowest BCUT2D eigenvalue weighted by atomic mass is 10.1. The summed E-state index contributed by atoms with van der Waals surface area (Å²) in [7, 11) is -3.77. The molecular formula is C14H25N3O2S. The van der Waals surface area contributed by atoms with Crippen LogP contribution in [0.2, 0.25) is 0 Å². The van der Waals surface area contributed by atoms with Crippen LogP contribution in [0, 0.1) is 0 Å². The van der Waals surface area contributed by atoms with E-state index in [1.807, 2.05) is 6.92 Å². The van der Waals surface area contributed by atoms with Crippen LogP contribution in [0.4, 0.5) is 11.4 Å². The smallest absolute Gasteiger partial charge is 0.240 e. The van der Waals surface area contributed by atoms with Crippen LogP contribution in [0.15, 0.2) is 23.1 Å². The van der Waals surface area contributed by atoms with E-state index in [0.29, 0.717) is 11.4 Å². The Labute approximate surface area is 121 Å². The molecule has 0 fully saturated rings. The summed E-state index contributed by atoms with van der Waals surface area (Å²) in [6, 6.07) is 4.91. The van der Waals surface area contributed by atoms with Gasteiger partial charge in [-0.25, -0.2) is 13.6 Å². The Morgan fingerprint density at radius 1 is 1.25 bits per heavy atom. The molecule has 0 heterocycles. The van der Waals surface area contributed by atoms with Crippen molar-refractivity contribution in [3.63, 3.8) is 0 Å². The summed E-state index contributed by atoms with van der Waals surface area (Å²) in [5.41, 5.74) is 6.52. The molecule has 1 aromatic rings. The molecule has 0 aliphatic heterocycles. The van der Waals surface area contributed by atoms with Gasteiger partial charge in [-0.2, -0.15) is 0 Å². The van der Waals surface area contributed by atoms with Gasteiger partial charge in [0.1, 0.15) is 4.90 Å². The zero-order chi connectivity index (χ0) is 15.2. The van der Waals surface area contributed by atoms with Crippen molar-refractivity contribution in [3.8, 4) is 0 Å². The Morgan fingerprint density at radius 2 is 1.95 bits per heavy atom. The molecule has 0 amide bonds. The minimum Gasteiger partial charge on any atom is -0.399 e. The van der Waals surface area contributed by atoms with E-state index in [1.54, 1.807) is 12.1 Å². The van der Waals surface area contributed by atoms with Crippen LogP contribution in [0.3, 0.4) is 0 Å². The molecule has 5 nitrogen and oxygen atoms in total. The van der Waals surface area contributed by atoms with Crippen molar-refractivity contribution in [2.24, 2.45) is 5.14 Å². The highest BCUT2D eigenvalue weighted by molar-refractivity contribution is 7.89. The number of benzene rings is 1. The molecule has 0 aliphatic carbocycles. The number of nitrogen functional groups attached to an aromatic ring is 1. The van der Waals surface area contributed by atoms with Crippen LogP contribution in [-0.4, -0.2) is 14.5 Å². The highest BCUT2D eigenvalue weighted by Crippen LogP contribution is 2.24. The Balaban J connectivity index is 2.72. The Hall–Kier alpha value is -1.27. The van der Waals surface area contributed by atoms with Gasteiger partial charge in [-0.1, -0.05) is 32.6 Å². The summed E-state index contributed by atoms with van der Waals surface area (Å²) in [5.74, 6) is 0. The van der Waals surface area contributed by atoms with Gasteiger partial charge in [0.15, 0.2) is 0 Å². The lowest BCUT2D eigenvalue weighted by Crippen LogP contribution is -2.20. The molecule has 0 spiro atoms. The van der Waals surface area contributed by atoms with Gasteiger partial charge in [0, 0.05) is 11.7 Å². The van der Waals surface area contributed by atoms with Crippen LogP contribution in [-0.2, 0) is 10.0 Å². The maximum atomic E-state index is 11.6. The van der Waals surface area contributed by atoms with Crippen LogP contribution in [0.25, 0.3) is 0 Å². The highest BCUT2D eigenvalue weighted by atomic mass is 32.2. The first kappa shape index (κ1) is 16.8. The molecule has 1 rings (SSSR count). The van der Waals surface area contributed by atoms with E-state index in [1.165, 1.54) is 25.3 Å². The predicted octanol–water partition coefficient (Wildman–Crippen LogP) is 2.69. The molecule has 0 radical (unpaired) electrons. The van der Waals surface area contributed by atoms with Crippen LogP contribution >= 0.6 is 0 Å². The van der Waals surface area contributed by atoms with E-state index in [9.17, 15) is 8.42 Å². The van der Waals surface area contributed by atoms with Gasteiger partial charge in [0.2, 0.25) is 10.0 Å². The lowest BCUT2D eigenvalue weighted by Gasteiger charge is -2.17. The fourth-order valence-electron chi connectivity index (χ4n) is 2.11. The van der Waals surface area contributed by atoms with Gasteiger partial charge < -0.3 is 11.1 Å². The summed E-state index contributed by atoms with van der Waals surface area (Å²) in [6.07, 6.45) is 5.76. The molecule has 0 aliphatic rings. The Kier molecular flexibility index (Phi) is 6.29. The average molecular weight is 299 g/mol. The van der Waals surface area contributed by atoms with E-state index in [0.717, 1.165) is 12.8 Å². The standard InChI is InChI=1S/C14H25N3O2S/c1-3-4-5-6-7-11(2)17-13-9-8-12(15)10-14(13)20(16,18)19/h8-11,17H,3-7,15H2,1-2H3,(H2,16,18,19). The minimum absolute atomic E-state index is 0.0536. The first-order valence-electron chi connectivity index (χ1n) is 7.03. The van der Waals surface area contributed by atoms with E-state index in [2.05, 4.69) is 12.2 Å². The maximum absolute atomic E-state index is 11.6. The number of rotatable bonds is 8.